The zero-order valence-corrected chi connectivity index (χ0v) is 31.4. The first kappa shape index (κ1) is 39.6. The molecule has 14 heteroatoms. The van der Waals surface area contributed by atoms with Crippen LogP contribution in [0, 0.1) is 18.6 Å². The SMILES string of the molecule is Cc1cccc(C(=O)/C(C(=O)c2cc(F)cc(F)c2)=C2\Nc3ccc(NCc4ccc(N=C(NC(=O)OC(C)(C)C)NC(=O)OC(C)(C)C)cc4)cc3N2)c1. The molecule has 0 atom stereocenters. The summed E-state index contributed by atoms with van der Waals surface area (Å²) in [5.41, 5.74) is 1.97. The topological polar surface area (TPSA) is 159 Å². The Morgan fingerprint density at radius 1 is 0.691 bits per heavy atom. The molecule has 286 valence electrons. The van der Waals surface area contributed by atoms with Gasteiger partial charge in [0.15, 0.2) is 0 Å². The lowest BCUT2D eigenvalue weighted by Gasteiger charge is -2.22. The number of ether oxygens (including phenoxy) is 2. The van der Waals surface area contributed by atoms with Crippen LogP contribution in [0.15, 0.2) is 101 Å². The van der Waals surface area contributed by atoms with E-state index < -0.39 is 46.6 Å². The Hall–Kier alpha value is -6.57. The van der Waals surface area contributed by atoms with Crippen LogP contribution in [0.4, 0.5) is 41.1 Å². The number of alkyl carbamates (subject to hydrolysis) is 2. The molecule has 5 N–H and O–H groups in total. The number of carbonyl (C=O) groups excluding carboxylic acids is 4. The van der Waals surface area contributed by atoms with Crippen LogP contribution in [-0.4, -0.2) is 40.9 Å². The highest BCUT2D eigenvalue weighted by Crippen LogP contribution is 2.35. The summed E-state index contributed by atoms with van der Waals surface area (Å²) in [6.07, 6.45) is -1.63. The van der Waals surface area contributed by atoms with Crippen molar-refractivity contribution in [3.8, 4) is 0 Å². The summed E-state index contributed by atoms with van der Waals surface area (Å²) in [6.45, 7) is 12.4. The molecule has 0 saturated carbocycles. The Bertz CT molecular complexity index is 2150. The number of Topliss-reactive ketones (excluding diaryl/α,β-unsaturated/α-hetero) is 2. The molecule has 0 aliphatic carbocycles. The van der Waals surface area contributed by atoms with E-state index in [-0.39, 0.29) is 28.5 Å². The predicted octanol–water partition coefficient (Wildman–Crippen LogP) is 8.74. The van der Waals surface area contributed by atoms with Gasteiger partial charge in [0.05, 0.1) is 17.1 Å². The smallest absolute Gasteiger partial charge is 0.414 e. The Kier molecular flexibility index (Phi) is 11.7. The summed E-state index contributed by atoms with van der Waals surface area (Å²) in [6, 6.07) is 21.5. The summed E-state index contributed by atoms with van der Waals surface area (Å²) in [5, 5.41) is 14.4. The number of allylic oxidation sites excluding steroid dienone is 1. The lowest BCUT2D eigenvalue weighted by atomic mass is 9.94. The second-order valence-corrected chi connectivity index (χ2v) is 14.7. The first-order valence-electron chi connectivity index (χ1n) is 17.3. The Morgan fingerprint density at radius 2 is 1.27 bits per heavy atom. The number of aryl methyl sites for hydroxylation is 1. The zero-order valence-electron chi connectivity index (χ0n) is 31.4. The number of hydrogen-bond acceptors (Lipinski definition) is 10. The van der Waals surface area contributed by atoms with E-state index in [9.17, 15) is 28.0 Å². The number of ketones is 2. The molecule has 55 heavy (non-hydrogen) atoms. The minimum atomic E-state index is -0.945. The molecule has 0 saturated heterocycles. The number of halogens is 2. The number of benzene rings is 4. The maximum atomic E-state index is 14.1. The van der Waals surface area contributed by atoms with Gasteiger partial charge in [0.2, 0.25) is 17.5 Å². The van der Waals surface area contributed by atoms with E-state index in [1.54, 1.807) is 103 Å². The molecule has 0 unspecified atom stereocenters. The van der Waals surface area contributed by atoms with E-state index in [2.05, 4.69) is 31.6 Å². The van der Waals surface area contributed by atoms with Crippen molar-refractivity contribution in [3.63, 3.8) is 0 Å². The Balaban J connectivity index is 1.32. The van der Waals surface area contributed by atoms with Gasteiger partial charge in [-0.1, -0.05) is 35.9 Å². The number of nitrogens with zero attached hydrogens (tertiary/aromatic N) is 1. The van der Waals surface area contributed by atoms with Crippen molar-refractivity contribution in [1.82, 2.24) is 10.6 Å². The summed E-state index contributed by atoms with van der Waals surface area (Å²) in [4.78, 5) is 56.8. The predicted molar refractivity (Wildman–Crippen MR) is 207 cm³/mol. The van der Waals surface area contributed by atoms with Gasteiger partial charge >= 0.3 is 12.2 Å². The van der Waals surface area contributed by atoms with Crippen LogP contribution in [0.2, 0.25) is 0 Å². The van der Waals surface area contributed by atoms with Crippen LogP contribution >= 0.6 is 0 Å². The van der Waals surface area contributed by atoms with Gasteiger partial charge in [0, 0.05) is 29.4 Å². The monoisotopic (exact) mass is 752 g/mol. The summed E-state index contributed by atoms with van der Waals surface area (Å²) in [7, 11) is 0. The Morgan fingerprint density at radius 3 is 1.85 bits per heavy atom. The van der Waals surface area contributed by atoms with Crippen molar-refractivity contribution in [3.05, 3.63) is 130 Å². The molecule has 0 fully saturated rings. The maximum Gasteiger partial charge on any atom is 0.414 e. The maximum absolute atomic E-state index is 14.1. The summed E-state index contributed by atoms with van der Waals surface area (Å²) >= 11 is 0. The van der Waals surface area contributed by atoms with E-state index in [1.165, 1.54) is 0 Å². The van der Waals surface area contributed by atoms with E-state index >= 15 is 0 Å². The van der Waals surface area contributed by atoms with Gasteiger partial charge in [-0.3, -0.25) is 20.2 Å². The fraction of sp³-hybridized carbons (Fsp3) is 0.244. The van der Waals surface area contributed by atoms with Crippen LogP contribution in [0.25, 0.3) is 0 Å². The summed E-state index contributed by atoms with van der Waals surface area (Å²) in [5.74, 6) is -3.48. The number of aliphatic imine (C=N–C) groups is 1. The van der Waals surface area contributed by atoms with Gasteiger partial charge in [0.1, 0.15) is 34.2 Å². The normalized spacial score (nSPS) is 13.0. The number of rotatable bonds is 8. The number of guanidine groups is 1. The molecular weight excluding hydrogens is 710 g/mol. The highest BCUT2D eigenvalue weighted by Gasteiger charge is 2.30. The third kappa shape index (κ3) is 11.2. The van der Waals surface area contributed by atoms with E-state index in [0.717, 1.165) is 23.3 Å². The molecule has 1 aliphatic heterocycles. The first-order chi connectivity index (χ1) is 25.8. The molecule has 0 radical (unpaired) electrons. The van der Waals surface area contributed by atoms with Crippen LogP contribution in [0.5, 0.6) is 0 Å². The number of amides is 2. The van der Waals surface area contributed by atoms with Crippen LogP contribution in [0.1, 0.15) is 73.4 Å². The van der Waals surface area contributed by atoms with Gasteiger partial charge < -0.3 is 25.4 Å². The second kappa shape index (κ2) is 16.2. The van der Waals surface area contributed by atoms with Gasteiger partial charge in [-0.15, -0.1) is 0 Å². The van der Waals surface area contributed by atoms with E-state index in [4.69, 9.17) is 9.47 Å². The number of hydrogen-bond donors (Lipinski definition) is 5. The Labute approximate surface area is 317 Å². The molecule has 1 heterocycles. The van der Waals surface area contributed by atoms with Gasteiger partial charge in [-0.25, -0.2) is 23.4 Å². The average Bonchev–Trinajstić information content (AvgIpc) is 3.48. The molecule has 0 aromatic heterocycles. The van der Waals surface area contributed by atoms with Crippen molar-refractivity contribution in [2.45, 2.75) is 66.2 Å². The molecule has 5 rings (SSSR count). The van der Waals surface area contributed by atoms with Crippen LogP contribution in [-0.2, 0) is 16.0 Å². The third-order valence-corrected chi connectivity index (χ3v) is 7.56. The van der Waals surface area contributed by atoms with E-state index in [1.807, 2.05) is 12.1 Å². The van der Waals surface area contributed by atoms with Gasteiger partial charge in [0.25, 0.3) is 0 Å². The second-order valence-electron chi connectivity index (χ2n) is 14.7. The zero-order chi connectivity index (χ0) is 40.1. The van der Waals surface area contributed by atoms with Crippen molar-refractivity contribution in [2.24, 2.45) is 4.99 Å². The van der Waals surface area contributed by atoms with Gasteiger partial charge in [-0.05, 0) is 103 Å². The van der Waals surface area contributed by atoms with Crippen molar-refractivity contribution in [1.29, 1.82) is 0 Å². The molecule has 0 spiro atoms. The number of fused-ring (bicyclic) bond motifs is 1. The molecule has 1 aliphatic rings. The quantitative estimate of drug-likeness (QED) is 0.0296. The largest absolute Gasteiger partial charge is 0.444 e. The molecule has 4 aromatic carbocycles. The molecule has 12 nitrogen and oxygen atoms in total. The number of carbonyl (C=O) groups is 4. The third-order valence-electron chi connectivity index (χ3n) is 7.56. The number of nitrogens with one attached hydrogen (secondary N) is 5. The van der Waals surface area contributed by atoms with Crippen LogP contribution in [0.3, 0.4) is 0 Å². The molecule has 0 bridgehead atoms. The molecule has 2 amide bonds. The van der Waals surface area contributed by atoms with Crippen molar-refractivity contribution >= 4 is 52.5 Å². The summed E-state index contributed by atoms with van der Waals surface area (Å²) < 4.78 is 38.9. The van der Waals surface area contributed by atoms with Crippen molar-refractivity contribution in [2.75, 3.05) is 16.0 Å². The van der Waals surface area contributed by atoms with Crippen molar-refractivity contribution < 1.29 is 37.4 Å². The van der Waals surface area contributed by atoms with E-state index in [0.29, 0.717) is 35.4 Å². The minimum Gasteiger partial charge on any atom is -0.444 e. The lowest BCUT2D eigenvalue weighted by molar-refractivity contribution is 0.0544. The highest BCUT2D eigenvalue weighted by molar-refractivity contribution is 6.32. The average molecular weight is 753 g/mol. The number of anilines is 3. The fourth-order valence-electron chi connectivity index (χ4n) is 5.29. The minimum absolute atomic E-state index is 0.0751. The van der Waals surface area contributed by atoms with Gasteiger partial charge in [-0.2, -0.15) is 0 Å². The highest BCUT2D eigenvalue weighted by atomic mass is 19.1. The molecule has 4 aromatic rings. The molecular formula is C41H42F2N6O6. The van der Waals surface area contributed by atoms with Crippen LogP contribution < -0.4 is 26.6 Å². The lowest BCUT2D eigenvalue weighted by Crippen LogP contribution is -2.47. The standard InChI is InChI=1S/C41H42F2N6O6/c1-23-9-8-10-25(17-23)34(50)33(35(51)26-18-27(42)20-28(43)19-26)36-46-31-16-15-30(21-32(31)47-36)44-22-24-11-13-29(14-12-24)45-37(48-38(52)54-40(2,3)4)49-39(53)55-41(5,6)7/h8-21,44,46-47H,22H2,1-7H3,(H2,45,48,49,52,53)/b36-33-. The fourth-order valence-corrected chi connectivity index (χ4v) is 5.29. The first-order valence-corrected chi connectivity index (χ1v) is 17.3.